The van der Waals surface area contributed by atoms with Gasteiger partial charge in [0.1, 0.15) is 0 Å². The molecule has 1 unspecified atom stereocenters. The average molecular weight is 353 g/mol. The molecule has 0 bridgehead atoms. The molecule has 0 aromatic rings. The first-order valence-electron chi connectivity index (χ1n) is 1.03. The van der Waals surface area contributed by atoms with Gasteiger partial charge in [0.25, 0.3) is 0 Å². The maximum Gasteiger partial charge on any atom is 0 e. The van der Waals surface area contributed by atoms with Crippen LogP contribution >= 0.6 is 0 Å². The van der Waals surface area contributed by atoms with E-state index in [4.69, 9.17) is 5.11 Å². The third-order valence-electron chi connectivity index (χ3n) is 0.151. The summed E-state index contributed by atoms with van der Waals surface area (Å²) in [7, 11) is 1.56. The molecule has 0 heterocycles. The Morgan fingerprint density at radius 3 is 1.86 bits per heavy atom. The van der Waals surface area contributed by atoms with Crippen molar-refractivity contribution in [1.82, 2.24) is 0 Å². The van der Waals surface area contributed by atoms with Crippen LogP contribution in [0, 0.1) is 0 Å². The summed E-state index contributed by atoms with van der Waals surface area (Å²) in [4.78, 5) is 9.43. The molecule has 0 amide bonds. The zero-order valence-corrected chi connectivity index (χ0v) is 12.5. The predicted molar refractivity (Wildman–Crippen MR) is 38.0 cm³/mol. The van der Waals surface area contributed by atoms with Gasteiger partial charge in [0.05, 0.1) is 0 Å². The van der Waals surface area contributed by atoms with Crippen molar-refractivity contribution in [2.24, 2.45) is 0 Å². The Bertz CT molecular complexity index is 53.0. The minimum atomic E-state index is -0.611. The topological polar surface area (TPSA) is 37.3 Å². The monoisotopic (exact) mass is 357 g/mol. The standard InChI is InChI=1S/CH4AsO2Si.GeH2.Te/c3-1(4)2-5;;/h2H,5H2,(H,3,4);1H2;. The molecule has 7 heavy (non-hydrogen) atoms. The largest absolute Gasteiger partial charge is 0 e. The molecule has 2 nitrogen and oxygen atoms in total. The second-order valence-corrected chi connectivity index (χ2v) is 3.96. The first-order chi connectivity index (χ1) is 2.27. The van der Waals surface area contributed by atoms with Crippen LogP contribution < -0.4 is 0 Å². The van der Waals surface area contributed by atoms with Crippen LogP contribution in [0.15, 0.2) is 0 Å². The van der Waals surface area contributed by atoms with Crippen molar-refractivity contribution >= 4 is 69.8 Å². The zero-order chi connectivity index (χ0) is 4.28. The number of rotatable bonds is 1. The van der Waals surface area contributed by atoms with Gasteiger partial charge in [-0.2, -0.15) is 0 Å². The molecule has 1 atom stereocenters. The predicted octanol–water partition coefficient (Wildman–Crippen LogP) is -2.65. The summed E-state index contributed by atoms with van der Waals surface area (Å²) in [6.45, 7) is 0. The van der Waals surface area contributed by atoms with Crippen LogP contribution in [0.4, 0.5) is 4.79 Å². The van der Waals surface area contributed by atoms with Crippen molar-refractivity contribution in [1.29, 1.82) is 0 Å². The summed E-state index contributed by atoms with van der Waals surface area (Å²) in [5.41, 5.74) is 0. The van der Waals surface area contributed by atoms with Crippen molar-refractivity contribution in [3.63, 3.8) is 0 Å². The van der Waals surface area contributed by atoms with Crippen LogP contribution in [-0.2, 0) is 0 Å². The second-order valence-electron chi connectivity index (χ2n) is 0.482. The molecular weight excluding hydrogens is 347 g/mol. The van der Waals surface area contributed by atoms with E-state index in [0.717, 1.165) is 0 Å². The molecule has 0 aliphatic heterocycles. The van der Waals surface area contributed by atoms with E-state index in [1.807, 2.05) is 0 Å². The first kappa shape index (κ1) is 15.8. The van der Waals surface area contributed by atoms with Crippen LogP contribution in [0.25, 0.3) is 0 Å². The first-order valence-corrected chi connectivity index (χ1v) is 7.24. The van der Waals surface area contributed by atoms with Crippen LogP contribution in [0.1, 0.15) is 0 Å². The zero-order valence-electron chi connectivity index (χ0n) is 3.68. The van der Waals surface area contributed by atoms with Crippen molar-refractivity contribution in [3.8, 4) is 0 Å². The third-order valence-corrected chi connectivity index (χ3v) is 2.36. The summed E-state index contributed by atoms with van der Waals surface area (Å²) in [5, 5.41) is 7.78. The number of hydrogen-bond donors (Lipinski definition) is 1. The molecule has 5 radical (unpaired) electrons. The van der Waals surface area contributed by atoms with Gasteiger partial charge in [0.15, 0.2) is 0 Å². The molecule has 1 N–H and O–H groups in total. The molecule has 0 saturated heterocycles. The van der Waals surface area contributed by atoms with E-state index in [0.29, 0.717) is 0 Å². The summed E-state index contributed by atoms with van der Waals surface area (Å²) in [6, 6.07) is 0. The van der Waals surface area contributed by atoms with Gasteiger partial charge < -0.3 is 0 Å². The van der Waals surface area contributed by atoms with E-state index in [1.165, 1.54) is 0 Å². The molecule has 0 saturated carbocycles. The molecule has 6 heteroatoms. The van der Waals surface area contributed by atoms with E-state index >= 15 is 0 Å². The molecule has 41 valence electrons. The molecule has 0 aliphatic carbocycles. The molecule has 0 rings (SSSR count). The van der Waals surface area contributed by atoms with E-state index in [2.05, 4.69) is 0 Å². The number of carboxylic acid groups (broad SMARTS) is 1. The van der Waals surface area contributed by atoms with Crippen LogP contribution in [-0.4, -0.2) is 74.9 Å². The maximum atomic E-state index is 9.43. The second kappa shape index (κ2) is 10.5. The fourth-order valence-corrected chi connectivity index (χ4v) is 0. The van der Waals surface area contributed by atoms with Gasteiger partial charge in [-0.15, -0.1) is 0 Å². The number of carbonyl (C=O) groups is 1. The quantitative estimate of drug-likeness (QED) is 0.523. The SMILES string of the molecule is O=C(O)[AsH][SiH2].[GeH2].[Te]. The van der Waals surface area contributed by atoms with E-state index in [1.54, 1.807) is 8.71 Å². The minimum Gasteiger partial charge on any atom is 0 e. The summed E-state index contributed by atoms with van der Waals surface area (Å²) in [5.74, 6) is 0. The Hall–Kier alpha value is 1.58. The maximum absolute atomic E-state index is 9.43. The molecular formula is CH6AsGeO2SiTe. The Labute approximate surface area is 79.0 Å². The Morgan fingerprint density at radius 1 is 1.71 bits per heavy atom. The summed E-state index contributed by atoms with van der Waals surface area (Å²) < 4.78 is -0.608. The molecule has 0 fully saturated rings. The van der Waals surface area contributed by atoms with Crippen LogP contribution in [0.3, 0.4) is 0 Å². The third kappa shape index (κ3) is 18.4. The average Bonchev–Trinajstić information content (AvgIpc) is 1.38. The van der Waals surface area contributed by atoms with E-state index < -0.39 is 19.8 Å². The van der Waals surface area contributed by atoms with Crippen LogP contribution in [0.5, 0.6) is 0 Å². The number of hydrogen-bond acceptors (Lipinski definition) is 1. The van der Waals surface area contributed by atoms with Gasteiger partial charge in [0, 0.05) is 23.7 Å². The Kier molecular flexibility index (Phi) is 23.8. The Balaban J connectivity index is -0.0000000800. The molecule has 0 aromatic carbocycles. The Morgan fingerprint density at radius 2 is 1.86 bits per heavy atom. The smallest absolute Gasteiger partial charge is 0 e. The molecule has 0 aliphatic rings. The van der Waals surface area contributed by atoms with Crippen molar-refractivity contribution in [2.45, 2.75) is 0 Å². The minimum absolute atomic E-state index is 0. The van der Waals surface area contributed by atoms with Gasteiger partial charge in [0.2, 0.25) is 0 Å². The van der Waals surface area contributed by atoms with Crippen molar-refractivity contribution in [3.05, 3.63) is 0 Å². The van der Waals surface area contributed by atoms with Gasteiger partial charge in [-0.05, 0) is 0 Å². The van der Waals surface area contributed by atoms with Gasteiger partial charge in [-0.3, -0.25) is 0 Å². The fraction of sp³-hybridized carbons (Fsp3) is 0. The van der Waals surface area contributed by atoms with Gasteiger partial charge >= 0.3 is 56.1 Å². The normalized spacial score (nSPS) is 7.00. The van der Waals surface area contributed by atoms with E-state index in [9.17, 15) is 4.79 Å². The fourth-order valence-electron chi connectivity index (χ4n) is 0. The summed E-state index contributed by atoms with van der Waals surface area (Å²) in [6.07, 6.45) is 0. The van der Waals surface area contributed by atoms with E-state index in [-0.39, 0.29) is 41.3 Å². The van der Waals surface area contributed by atoms with Gasteiger partial charge in [-0.25, -0.2) is 0 Å². The van der Waals surface area contributed by atoms with Crippen molar-refractivity contribution in [2.75, 3.05) is 0 Å². The molecule has 0 spiro atoms. The molecule has 0 aromatic heterocycles. The van der Waals surface area contributed by atoms with Crippen LogP contribution in [0.2, 0.25) is 0 Å². The van der Waals surface area contributed by atoms with Crippen molar-refractivity contribution < 1.29 is 9.90 Å². The van der Waals surface area contributed by atoms with Gasteiger partial charge in [-0.1, -0.05) is 0 Å². The summed E-state index contributed by atoms with van der Waals surface area (Å²) >= 11 is -0.611.